The minimum Gasteiger partial charge on any atom is -0.325 e. The fraction of sp³-hybridized carbons (Fsp3) is 0.316. The molecular formula is C19H22ClNO3S. The summed E-state index contributed by atoms with van der Waals surface area (Å²) < 4.78 is 25.4. The summed E-state index contributed by atoms with van der Waals surface area (Å²) in [5.74, 6) is -0.704. The summed E-state index contributed by atoms with van der Waals surface area (Å²) in [6.45, 7) is 7.17. The third kappa shape index (κ3) is 4.83. The van der Waals surface area contributed by atoms with Gasteiger partial charge >= 0.3 is 0 Å². The normalized spacial score (nSPS) is 12.7. The molecule has 0 fully saturated rings. The van der Waals surface area contributed by atoms with Crippen LogP contribution in [0.3, 0.4) is 0 Å². The monoisotopic (exact) mass is 379 g/mol. The van der Waals surface area contributed by atoms with Crippen molar-refractivity contribution >= 4 is 33.0 Å². The first-order valence-electron chi connectivity index (χ1n) is 7.95. The fourth-order valence-corrected chi connectivity index (χ4v) is 4.32. The molecule has 1 N–H and O–H groups in total. The molecule has 25 heavy (non-hydrogen) atoms. The molecule has 0 aliphatic rings. The lowest BCUT2D eigenvalue weighted by Gasteiger charge is -2.16. The molecule has 134 valence electrons. The van der Waals surface area contributed by atoms with Crippen LogP contribution in [0.4, 0.5) is 5.69 Å². The van der Waals surface area contributed by atoms with Crippen LogP contribution in [0.2, 0.25) is 5.02 Å². The number of carbonyl (C=O) groups excluding carboxylic acids is 1. The van der Waals surface area contributed by atoms with Crippen molar-refractivity contribution in [2.45, 2.75) is 38.7 Å². The first-order valence-corrected chi connectivity index (χ1v) is 10.0. The van der Waals surface area contributed by atoms with Gasteiger partial charge in [0.05, 0.1) is 5.75 Å². The molecule has 0 saturated carbocycles. The quantitative estimate of drug-likeness (QED) is 0.846. The topological polar surface area (TPSA) is 63.2 Å². The number of nitrogens with one attached hydrogen (secondary N) is 1. The number of benzene rings is 2. The second kappa shape index (κ2) is 7.58. The Bertz CT molecular complexity index is 866. The van der Waals surface area contributed by atoms with Crippen LogP contribution < -0.4 is 5.32 Å². The number of hydrogen-bond donors (Lipinski definition) is 1. The molecule has 6 heteroatoms. The number of carbonyl (C=O) groups is 1. The lowest BCUT2D eigenvalue weighted by molar-refractivity contribution is -0.115. The van der Waals surface area contributed by atoms with E-state index in [0.717, 1.165) is 22.3 Å². The van der Waals surface area contributed by atoms with E-state index in [-0.39, 0.29) is 5.75 Å². The van der Waals surface area contributed by atoms with Crippen LogP contribution in [0, 0.1) is 20.8 Å². The smallest absolute Gasteiger partial charge is 0.242 e. The molecule has 2 aromatic rings. The molecule has 0 spiro atoms. The highest BCUT2D eigenvalue weighted by Crippen LogP contribution is 2.22. The molecule has 4 nitrogen and oxygen atoms in total. The van der Waals surface area contributed by atoms with Crippen molar-refractivity contribution in [3.05, 3.63) is 63.7 Å². The summed E-state index contributed by atoms with van der Waals surface area (Å²) in [6, 6.07) is 10.4. The van der Waals surface area contributed by atoms with E-state index in [1.807, 2.05) is 32.9 Å². The summed E-state index contributed by atoms with van der Waals surface area (Å²) in [6.07, 6.45) is 0. The highest BCUT2D eigenvalue weighted by molar-refractivity contribution is 7.92. The van der Waals surface area contributed by atoms with Gasteiger partial charge in [-0.3, -0.25) is 4.79 Å². The van der Waals surface area contributed by atoms with Crippen molar-refractivity contribution in [2.24, 2.45) is 0 Å². The second-order valence-corrected chi connectivity index (χ2v) is 9.08. The van der Waals surface area contributed by atoms with Crippen molar-refractivity contribution in [1.82, 2.24) is 0 Å². The molecule has 1 amide bonds. The van der Waals surface area contributed by atoms with Gasteiger partial charge in [-0.2, -0.15) is 0 Å². The molecule has 0 radical (unpaired) electrons. The SMILES string of the molecule is Cc1cc(C)c(CS(=O)(=O)C(C)C(=O)Nc2ccc(Cl)cc2)c(C)c1. The minimum absolute atomic E-state index is 0.153. The van der Waals surface area contributed by atoms with Crippen molar-refractivity contribution in [3.8, 4) is 0 Å². The molecule has 1 unspecified atom stereocenters. The Hall–Kier alpha value is -1.85. The van der Waals surface area contributed by atoms with E-state index in [2.05, 4.69) is 5.32 Å². The van der Waals surface area contributed by atoms with Gasteiger partial charge in [0.15, 0.2) is 9.84 Å². The number of anilines is 1. The molecule has 0 bridgehead atoms. The molecule has 2 rings (SSSR count). The van der Waals surface area contributed by atoms with Gasteiger partial charge in [0.1, 0.15) is 5.25 Å². The van der Waals surface area contributed by atoms with Crippen LogP contribution in [0.1, 0.15) is 29.2 Å². The van der Waals surface area contributed by atoms with E-state index in [4.69, 9.17) is 11.6 Å². The molecule has 2 aromatic carbocycles. The molecule has 0 saturated heterocycles. The zero-order chi connectivity index (χ0) is 18.8. The van der Waals surface area contributed by atoms with Crippen molar-refractivity contribution in [1.29, 1.82) is 0 Å². The van der Waals surface area contributed by atoms with Crippen LogP contribution in [-0.4, -0.2) is 19.6 Å². The van der Waals surface area contributed by atoms with E-state index in [0.29, 0.717) is 10.7 Å². The molecule has 0 aliphatic heterocycles. The number of amides is 1. The highest BCUT2D eigenvalue weighted by atomic mass is 35.5. The van der Waals surface area contributed by atoms with Crippen molar-refractivity contribution in [2.75, 3.05) is 5.32 Å². The maximum atomic E-state index is 12.7. The number of halogens is 1. The van der Waals surface area contributed by atoms with E-state index in [1.165, 1.54) is 6.92 Å². The van der Waals surface area contributed by atoms with Gasteiger partial charge in [0, 0.05) is 10.7 Å². The summed E-state index contributed by atoms with van der Waals surface area (Å²) in [4.78, 5) is 12.3. The average Bonchev–Trinajstić information content (AvgIpc) is 2.52. The predicted octanol–water partition coefficient (Wildman–Crippen LogP) is 4.21. The van der Waals surface area contributed by atoms with Crippen LogP contribution in [0.15, 0.2) is 36.4 Å². The van der Waals surface area contributed by atoms with Crippen LogP contribution >= 0.6 is 11.6 Å². The second-order valence-electron chi connectivity index (χ2n) is 6.32. The molecule has 1 atom stereocenters. The lowest BCUT2D eigenvalue weighted by atomic mass is 10.0. The Morgan fingerprint density at radius 3 is 2.12 bits per heavy atom. The summed E-state index contributed by atoms with van der Waals surface area (Å²) in [5, 5.41) is 2.02. The van der Waals surface area contributed by atoms with E-state index < -0.39 is 21.0 Å². The summed E-state index contributed by atoms with van der Waals surface area (Å²) in [5.41, 5.74) is 4.21. The van der Waals surface area contributed by atoms with Crippen molar-refractivity contribution < 1.29 is 13.2 Å². The molecule has 0 heterocycles. The van der Waals surface area contributed by atoms with E-state index in [9.17, 15) is 13.2 Å². The van der Waals surface area contributed by atoms with Gasteiger partial charge < -0.3 is 5.32 Å². The lowest BCUT2D eigenvalue weighted by Crippen LogP contribution is -2.33. The molecular weight excluding hydrogens is 358 g/mol. The van der Waals surface area contributed by atoms with Gasteiger partial charge in [-0.15, -0.1) is 0 Å². The number of hydrogen-bond acceptors (Lipinski definition) is 3. The average molecular weight is 380 g/mol. The summed E-state index contributed by atoms with van der Waals surface area (Å²) in [7, 11) is -3.64. The molecule has 0 aliphatic carbocycles. The van der Waals surface area contributed by atoms with Crippen LogP contribution in [-0.2, 0) is 20.4 Å². The fourth-order valence-electron chi connectivity index (χ4n) is 2.70. The Morgan fingerprint density at radius 1 is 1.08 bits per heavy atom. The third-order valence-electron chi connectivity index (χ3n) is 4.21. The Balaban J connectivity index is 2.18. The van der Waals surface area contributed by atoms with Gasteiger partial charge in [-0.25, -0.2) is 8.42 Å². The largest absolute Gasteiger partial charge is 0.325 e. The van der Waals surface area contributed by atoms with Gasteiger partial charge in [0.2, 0.25) is 5.91 Å². The number of sulfone groups is 1. The predicted molar refractivity (Wildman–Crippen MR) is 103 cm³/mol. The van der Waals surface area contributed by atoms with E-state index in [1.54, 1.807) is 24.3 Å². The van der Waals surface area contributed by atoms with Crippen LogP contribution in [0.5, 0.6) is 0 Å². The first-order chi connectivity index (χ1) is 11.6. The zero-order valence-electron chi connectivity index (χ0n) is 14.8. The standard InChI is InChI=1S/C19H22ClNO3S/c1-12-9-13(2)18(14(3)10-12)11-25(23,24)15(4)19(22)21-17-7-5-16(20)6-8-17/h5-10,15H,11H2,1-4H3,(H,21,22). The van der Waals surface area contributed by atoms with E-state index >= 15 is 0 Å². The van der Waals surface area contributed by atoms with Gasteiger partial charge in [-0.1, -0.05) is 29.3 Å². The Morgan fingerprint density at radius 2 is 1.60 bits per heavy atom. The summed E-state index contributed by atoms with van der Waals surface area (Å²) >= 11 is 5.81. The third-order valence-corrected chi connectivity index (χ3v) is 6.44. The maximum absolute atomic E-state index is 12.7. The highest BCUT2D eigenvalue weighted by Gasteiger charge is 2.29. The first kappa shape index (κ1) is 19.5. The zero-order valence-corrected chi connectivity index (χ0v) is 16.3. The van der Waals surface area contributed by atoms with Gasteiger partial charge in [-0.05, 0) is 68.7 Å². The Kier molecular flexibility index (Phi) is 5.91. The van der Waals surface area contributed by atoms with Crippen molar-refractivity contribution in [3.63, 3.8) is 0 Å². The Labute approximate surface area is 154 Å². The van der Waals surface area contributed by atoms with Gasteiger partial charge in [0.25, 0.3) is 0 Å². The maximum Gasteiger partial charge on any atom is 0.242 e. The number of rotatable bonds is 5. The molecule has 0 aromatic heterocycles. The minimum atomic E-state index is -3.64. The number of aryl methyl sites for hydroxylation is 3. The van der Waals surface area contributed by atoms with Crippen LogP contribution in [0.25, 0.3) is 0 Å².